The molecule has 0 spiro atoms. The molecule has 166 valence electrons. The fourth-order valence-corrected chi connectivity index (χ4v) is 5.48. The fourth-order valence-electron chi connectivity index (χ4n) is 3.96. The van der Waals surface area contributed by atoms with Crippen molar-refractivity contribution in [2.24, 2.45) is 10.7 Å². The summed E-state index contributed by atoms with van der Waals surface area (Å²) in [6.45, 7) is 4.63. The Morgan fingerprint density at radius 1 is 0.903 bits per heavy atom. The maximum atomic E-state index is 13.1. The lowest BCUT2D eigenvalue weighted by Gasteiger charge is -2.36. The smallest absolute Gasteiger partial charge is 0.243 e. The topological polar surface area (TPSA) is 82.2 Å². The molecule has 2 heterocycles. The standard InChI is InChI=1S/C22H28FN5O2S/c23-19-5-7-20(8-6-19)26-13-15-27(16-14-26)22(24)25-17-18-3-9-21(10-4-18)31(29,30)28-11-1-2-12-28/h3-10H,1-2,11-17H2,(H2,24,25). The maximum Gasteiger partial charge on any atom is 0.243 e. The highest BCUT2D eigenvalue weighted by Crippen LogP contribution is 2.21. The van der Waals surface area contributed by atoms with Gasteiger partial charge in [-0.15, -0.1) is 0 Å². The molecule has 4 rings (SSSR count). The molecule has 0 bridgehead atoms. The van der Waals surface area contributed by atoms with Crippen LogP contribution in [0, 0.1) is 5.82 Å². The van der Waals surface area contributed by atoms with Crippen LogP contribution >= 0.6 is 0 Å². The second-order valence-electron chi connectivity index (χ2n) is 7.88. The number of aliphatic imine (C=N–C) groups is 1. The normalized spacial score (nSPS) is 18.5. The van der Waals surface area contributed by atoms with Gasteiger partial charge in [-0.2, -0.15) is 4.31 Å². The first-order chi connectivity index (χ1) is 14.9. The first-order valence-electron chi connectivity index (χ1n) is 10.6. The molecule has 2 aliphatic rings. The van der Waals surface area contributed by atoms with Gasteiger partial charge in [0.15, 0.2) is 5.96 Å². The van der Waals surface area contributed by atoms with Gasteiger partial charge in [0.1, 0.15) is 5.82 Å². The highest BCUT2D eigenvalue weighted by Gasteiger charge is 2.26. The molecule has 0 aliphatic carbocycles. The molecule has 0 radical (unpaired) electrons. The third-order valence-electron chi connectivity index (χ3n) is 5.85. The molecule has 31 heavy (non-hydrogen) atoms. The summed E-state index contributed by atoms with van der Waals surface area (Å²) in [7, 11) is -3.40. The summed E-state index contributed by atoms with van der Waals surface area (Å²) in [5.41, 5.74) is 8.10. The van der Waals surface area contributed by atoms with Crippen LogP contribution in [-0.4, -0.2) is 62.9 Å². The van der Waals surface area contributed by atoms with Gasteiger partial charge >= 0.3 is 0 Å². The van der Waals surface area contributed by atoms with Crippen LogP contribution in [0.15, 0.2) is 58.4 Å². The van der Waals surface area contributed by atoms with Gasteiger partial charge in [-0.05, 0) is 54.8 Å². The molecule has 0 atom stereocenters. The molecule has 2 aromatic carbocycles. The van der Waals surface area contributed by atoms with Gasteiger partial charge in [0.05, 0.1) is 11.4 Å². The zero-order valence-corrected chi connectivity index (χ0v) is 18.3. The maximum absolute atomic E-state index is 13.1. The van der Waals surface area contributed by atoms with Crippen LogP contribution in [0.5, 0.6) is 0 Å². The molecule has 0 unspecified atom stereocenters. The van der Waals surface area contributed by atoms with E-state index in [2.05, 4.69) is 9.89 Å². The minimum Gasteiger partial charge on any atom is -0.370 e. The third-order valence-corrected chi connectivity index (χ3v) is 7.76. The Morgan fingerprint density at radius 3 is 2.13 bits per heavy atom. The molecule has 0 saturated carbocycles. The van der Waals surface area contributed by atoms with E-state index in [1.165, 1.54) is 12.1 Å². The lowest BCUT2D eigenvalue weighted by atomic mass is 10.2. The van der Waals surface area contributed by atoms with Gasteiger partial charge in [-0.1, -0.05) is 12.1 Å². The molecule has 0 amide bonds. The lowest BCUT2D eigenvalue weighted by molar-refractivity contribution is 0.380. The van der Waals surface area contributed by atoms with Crippen LogP contribution < -0.4 is 10.6 Å². The number of guanidine groups is 1. The molecule has 9 heteroatoms. The van der Waals surface area contributed by atoms with Crippen LogP contribution in [0.1, 0.15) is 18.4 Å². The van der Waals surface area contributed by atoms with E-state index in [4.69, 9.17) is 5.73 Å². The lowest BCUT2D eigenvalue weighted by Crippen LogP contribution is -2.51. The summed E-state index contributed by atoms with van der Waals surface area (Å²) in [5, 5.41) is 0. The Kier molecular flexibility index (Phi) is 6.43. The van der Waals surface area contributed by atoms with E-state index in [-0.39, 0.29) is 5.82 Å². The van der Waals surface area contributed by atoms with Gasteiger partial charge < -0.3 is 15.5 Å². The number of nitrogens with zero attached hydrogens (tertiary/aromatic N) is 4. The molecule has 7 nitrogen and oxygen atoms in total. The fraction of sp³-hybridized carbons (Fsp3) is 0.409. The molecule has 0 aromatic heterocycles. The number of sulfonamides is 1. The van der Waals surface area contributed by atoms with Crippen LogP contribution in [0.2, 0.25) is 0 Å². The van der Waals surface area contributed by atoms with Crippen molar-refractivity contribution in [3.63, 3.8) is 0 Å². The van der Waals surface area contributed by atoms with Gasteiger partial charge in [-0.3, -0.25) is 0 Å². The number of hydrogen-bond acceptors (Lipinski definition) is 4. The Balaban J connectivity index is 1.32. The SMILES string of the molecule is NC(=NCc1ccc(S(=O)(=O)N2CCCC2)cc1)N1CCN(c2ccc(F)cc2)CC1. The average molecular weight is 446 g/mol. The van der Waals surface area contributed by atoms with E-state index in [0.29, 0.717) is 30.5 Å². The summed E-state index contributed by atoms with van der Waals surface area (Å²) < 4.78 is 39.9. The number of rotatable bonds is 5. The first-order valence-corrected chi connectivity index (χ1v) is 12.0. The molecule has 2 aliphatic heterocycles. The monoisotopic (exact) mass is 445 g/mol. The van der Waals surface area contributed by atoms with Crippen molar-refractivity contribution in [3.8, 4) is 0 Å². The van der Waals surface area contributed by atoms with Crippen molar-refractivity contribution in [1.29, 1.82) is 0 Å². The van der Waals surface area contributed by atoms with E-state index in [1.807, 2.05) is 4.90 Å². The van der Waals surface area contributed by atoms with Gasteiger partial charge in [-0.25, -0.2) is 17.8 Å². The van der Waals surface area contributed by atoms with Crippen LogP contribution in [0.3, 0.4) is 0 Å². The van der Waals surface area contributed by atoms with E-state index < -0.39 is 10.0 Å². The quantitative estimate of drug-likeness (QED) is 0.564. The molecule has 2 N–H and O–H groups in total. The van der Waals surface area contributed by atoms with Crippen LogP contribution in [-0.2, 0) is 16.6 Å². The first kappa shape index (κ1) is 21.6. The van der Waals surface area contributed by atoms with E-state index in [9.17, 15) is 12.8 Å². The predicted molar refractivity (Wildman–Crippen MR) is 120 cm³/mol. The third kappa shape index (κ3) is 4.99. The molecule has 2 saturated heterocycles. The van der Waals surface area contributed by atoms with Crippen LogP contribution in [0.25, 0.3) is 0 Å². The number of halogens is 1. The average Bonchev–Trinajstić information content (AvgIpc) is 3.34. The Labute approximate surface area is 183 Å². The van der Waals surface area contributed by atoms with Gasteiger partial charge in [0.25, 0.3) is 0 Å². The van der Waals surface area contributed by atoms with Gasteiger partial charge in [0, 0.05) is 45.0 Å². The molecule has 2 fully saturated rings. The zero-order chi connectivity index (χ0) is 21.8. The van der Waals surface area contributed by atoms with Gasteiger partial charge in [0.2, 0.25) is 10.0 Å². The van der Waals surface area contributed by atoms with Crippen molar-refractivity contribution in [2.45, 2.75) is 24.3 Å². The predicted octanol–water partition coefficient (Wildman–Crippen LogP) is 2.25. The van der Waals surface area contributed by atoms with Crippen LogP contribution in [0.4, 0.5) is 10.1 Å². The minimum atomic E-state index is -3.40. The van der Waals surface area contributed by atoms with E-state index in [0.717, 1.165) is 50.3 Å². The van der Waals surface area contributed by atoms with Crippen molar-refractivity contribution < 1.29 is 12.8 Å². The highest BCUT2D eigenvalue weighted by molar-refractivity contribution is 7.89. The summed E-state index contributed by atoms with van der Waals surface area (Å²) in [4.78, 5) is 9.05. The number of piperazine rings is 1. The summed E-state index contributed by atoms with van der Waals surface area (Å²) >= 11 is 0. The summed E-state index contributed by atoms with van der Waals surface area (Å²) in [6, 6.07) is 13.4. The van der Waals surface area contributed by atoms with Crippen molar-refractivity contribution in [2.75, 3.05) is 44.2 Å². The van der Waals surface area contributed by atoms with E-state index >= 15 is 0 Å². The number of nitrogens with two attached hydrogens (primary N) is 1. The Morgan fingerprint density at radius 2 is 1.52 bits per heavy atom. The van der Waals surface area contributed by atoms with Crippen molar-refractivity contribution in [3.05, 3.63) is 59.9 Å². The van der Waals surface area contributed by atoms with Crippen molar-refractivity contribution >= 4 is 21.7 Å². The Bertz CT molecular complexity index is 1010. The molecule has 2 aromatic rings. The number of anilines is 1. The van der Waals surface area contributed by atoms with E-state index in [1.54, 1.807) is 40.7 Å². The molecular formula is C22H28FN5O2S. The summed E-state index contributed by atoms with van der Waals surface area (Å²) in [6.07, 6.45) is 1.84. The number of benzene rings is 2. The molecular weight excluding hydrogens is 417 g/mol. The largest absolute Gasteiger partial charge is 0.370 e. The van der Waals surface area contributed by atoms with Crippen molar-refractivity contribution in [1.82, 2.24) is 9.21 Å². The second-order valence-corrected chi connectivity index (χ2v) is 9.82. The Hall–Kier alpha value is -2.65. The summed E-state index contributed by atoms with van der Waals surface area (Å²) in [5.74, 6) is 0.243. The minimum absolute atomic E-state index is 0.236. The zero-order valence-electron chi connectivity index (χ0n) is 17.5. The second kappa shape index (κ2) is 9.23. The number of hydrogen-bond donors (Lipinski definition) is 1. The highest BCUT2D eigenvalue weighted by atomic mass is 32.2.